The van der Waals surface area contributed by atoms with Gasteiger partial charge in [0.15, 0.2) is 0 Å². The summed E-state index contributed by atoms with van der Waals surface area (Å²) in [5.74, 6) is 0. The molecule has 0 radical (unpaired) electrons. The Morgan fingerprint density at radius 2 is 0.600 bits per heavy atom. The molecule has 0 atom stereocenters. The Hall–Kier alpha value is 2.96. The molecule has 15 heteroatoms. The maximum absolute atomic E-state index is 7.82. The van der Waals surface area contributed by atoms with Gasteiger partial charge in [-0.1, -0.05) is 0 Å². The molecule has 0 bridgehead atoms. The third-order valence-corrected chi connectivity index (χ3v) is 2.63. The van der Waals surface area contributed by atoms with Crippen LogP contribution in [-0.2, 0) is 8.62 Å². The van der Waals surface area contributed by atoms with Crippen LogP contribution in [0.1, 0.15) is 0 Å². The summed E-state index contributed by atoms with van der Waals surface area (Å²) in [7, 11) is -10.4. The van der Waals surface area contributed by atoms with Crippen molar-refractivity contribution in [2.75, 3.05) is 0 Å². The van der Waals surface area contributed by atoms with Crippen LogP contribution >= 0.6 is 34.4 Å². The summed E-state index contributed by atoms with van der Waals surface area (Å²) in [6.45, 7) is 0. The summed E-state index contributed by atoms with van der Waals surface area (Å²) in [6, 6.07) is 0. The summed E-state index contributed by atoms with van der Waals surface area (Å²) in [5.41, 5.74) is 0. The summed E-state index contributed by atoms with van der Waals surface area (Å²) >= 11 is 0. The van der Waals surface area contributed by atoms with Gasteiger partial charge in [-0.2, -0.15) is 0 Å². The van der Waals surface area contributed by atoms with Crippen molar-refractivity contribution in [1.82, 2.24) is 0 Å². The molecule has 10 nitrogen and oxygen atoms in total. The van der Waals surface area contributed by atoms with Crippen LogP contribution < -0.4 is 0 Å². The van der Waals surface area contributed by atoms with Crippen LogP contribution in [0.15, 0.2) is 0 Å². The van der Waals surface area contributed by atoms with Gasteiger partial charge in [0, 0.05) is 0 Å². The SMILES string of the molecule is OP(O)OP(O)O.OP(O)OP(O)O.[KH]. The van der Waals surface area contributed by atoms with Crippen LogP contribution in [0.2, 0.25) is 0 Å². The summed E-state index contributed by atoms with van der Waals surface area (Å²) in [5, 5.41) is 0. The van der Waals surface area contributed by atoms with E-state index >= 15 is 0 Å². The van der Waals surface area contributed by atoms with E-state index in [4.69, 9.17) is 39.1 Å². The van der Waals surface area contributed by atoms with Gasteiger partial charge in [0.05, 0.1) is 0 Å². The number of hydrogen-bond donors (Lipinski definition) is 8. The summed E-state index contributed by atoms with van der Waals surface area (Å²) < 4.78 is 7.20. The predicted octanol–water partition coefficient (Wildman–Crippen LogP) is -1.80. The molecule has 0 heterocycles. The van der Waals surface area contributed by atoms with Crippen molar-refractivity contribution in [3.63, 3.8) is 0 Å². The van der Waals surface area contributed by atoms with Crippen molar-refractivity contribution < 1.29 is 47.8 Å². The van der Waals surface area contributed by atoms with E-state index in [1.807, 2.05) is 0 Å². The molecule has 0 aromatic heterocycles. The molecule has 0 unspecified atom stereocenters. The van der Waals surface area contributed by atoms with Crippen molar-refractivity contribution in [2.24, 2.45) is 0 Å². The first-order valence-electron chi connectivity index (χ1n) is 2.33. The van der Waals surface area contributed by atoms with Gasteiger partial charge < -0.3 is 39.1 Å². The number of hydrogen-bond acceptors (Lipinski definition) is 10. The van der Waals surface area contributed by atoms with E-state index in [9.17, 15) is 0 Å². The minimum atomic E-state index is -2.61. The normalized spacial score (nSPS) is 10.4. The summed E-state index contributed by atoms with van der Waals surface area (Å²) in [6.07, 6.45) is 0. The van der Waals surface area contributed by atoms with Crippen molar-refractivity contribution in [2.45, 2.75) is 0 Å². The molecule has 0 aromatic rings. The zero-order chi connectivity index (χ0) is 11.7. The van der Waals surface area contributed by atoms with Gasteiger partial charge in [-0.25, -0.2) is 8.62 Å². The molecule has 8 N–H and O–H groups in total. The maximum atomic E-state index is 7.82. The van der Waals surface area contributed by atoms with E-state index in [2.05, 4.69) is 8.62 Å². The molecule has 15 heavy (non-hydrogen) atoms. The molecule has 0 aliphatic rings. The monoisotopic (exact) mass is 332 g/mol. The molecule has 0 spiro atoms. The molecule has 0 amide bonds. The molecular formula is H9KO10P4. The fourth-order valence-corrected chi connectivity index (χ4v) is 1.18. The Balaban J connectivity index is -0.000000180. The van der Waals surface area contributed by atoms with E-state index in [0.29, 0.717) is 0 Å². The third kappa shape index (κ3) is 31.6. The molecule has 0 rings (SSSR count). The first-order chi connectivity index (χ1) is 6.25. The summed E-state index contributed by atoms with van der Waals surface area (Å²) in [4.78, 5) is 62.5. The van der Waals surface area contributed by atoms with E-state index in [0.717, 1.165) is 0 Å². The second-order valence-corrected chi connectivity index (χ2v) is 4.50. The number of rotatable bonds is 4. The van der Waals surface area contributed by atoms with Gasteiger partial charge in [-0.3, -0.25) is 0 Å². The van der Waals surface area contributed by atoms with E-state index in [-0.39, 0.29) is 51.4 Å². The Kier molecular flexibility index (Phi) is 23.1. The molecule has 90 valence electrons. The standard InChI is InChI=1S/K.2H4O5P2.H/c;2*1-6(2)5-7(3)4;/h;2*1-4H;. The van der Waals surface area contributed by atoms with Crippen molar-refractivity contribution in [1.29, 1.82) is 0 Å². The molecule has 0 saturated carbocycles. The fourth-order valence-electron chi connectivity index (χ4n) is 0.131. The second kappa shape index (κ2) is 15.0. The Morgan fingerprint density at radius 3 is 0.600 bits per heavy atom. The quantitative estimate of drug-likeness (QED) is 0.216. The average molecular weight is 332 g/mol. The van der Waals surface area contributed by atoms with Gasteiger partial charge in [0.1, 0.15) is 0 Å². The van der Waals surface area contributed by atoms with Crippen LogP contribution in [0.5, 0.6) is 0 Å². The van der Waals surface area contributed by atoms with E-state index in [1.54, 1.807) is 0 Å². The van der Waals surface area contributed by atoms with Gasteiger partial charge >= 0.3 is 85.8 Å². The topological polar surface area (TPSA) is 180 Å². The minimum absolute atomic E-state index is 0. The van der Waals surface area contributed by atoms with Crippen LogP contribution in [-0.4, -0.2) is 90.5 Å². The first kappa shape index (κ1) is 23.1. The fraction of sp³-hybridized carbons (Fsp3) is 0. The van der Waals surface area contributed by atoms with E-state index in [1.165, 1.54) is 0 Å². The average Bonchev–Trinajstić information content (AvgIpc) is 1.79. The second-order valence-electron chi connectivity index (χ2n) is 1.17. The Morgan fingerprint density at radius 1 is 0.467 bits per heavy atom. The van der Waals surface area contributed by atoms with Crippen LogP contribution in [0.4, 0.5) is 0 Å². The van der Waals surface area contributed by atoms with Gasteiger partial charge in [-0.15, -0.1) is 0 Å². The van der Waals surface area contributed by atoms with Crippen molar-refractivity contribution >= 4 is 85.8 Å². The molecule has 0 aliphatic heterocycles. The van der Waals surface area contributed by atoms with Gasteiger partial charge in [0.2, 0.25) is 0 Å². The zero-order valence-corrected chi connectivity index (χ0v) is 9.76. The molecular weight excluding hydrogens is 323 g/mol. The predicted molar refractivity (Wildman–Crippen MR) is 54.7 cm³/mol. The Bertz CT molecular complexity index is 90.0. The zero-order valence-electron chi connectivity index (χ0n) is 6.18. The molecule has 0 saturated heterocycles. The molecule has 0 aromatic carbocycles. The first-order valence-corrected chi connectivity index (χ1v) is 6.99. The van der Waals surface area contributed by atoms with E-state index < -0.39 is 34.4 Å². The van der Waals surface area contributed by atoms with Crippen molar-refractivity contribution in [3.8, 4) is 0 Å². The van der Waals surface area contributed by atoms with Crippen molar-refractivity contribution in [3.05, 3.63) is 0 Å². The van der Waals surface area contributed by atoms with Gasteiger partial charge in [-0.05, 0) is 0 Å². The third-order valence-electron chi connectivity index (χ3n) is 0.292. The molecule has 0 fully saturated rings. The molecule has 0 aliphatic carbocycles. The Labute approximate surface area is 132 Å². The van der Waals surface area contributed by atoms with Gasteiger partial charge in [0.25, 0.3) is 0 Å². The van der Waals surface area contributed by atoms with Crippen LogP contribution in [0, 0.1) is 0 Å². The van der Waals surface area contributed by atoms with Crippen LogP contribution in [0.25, 0.3) is 0 Å². The van der Waals surface area contributed by atoms with Crippen LogP contribution in [0.3, 0.4) is 0 Å².